The number of nitrogens with two attached hydrogens (primary N) is 2. The van der Waals surface area contributed by atoms with E-state index < -0.39 is 0 Å². The Morgan fingerprint density at radius 3 is 2.38 bits per heavy atom. The van der Waals surface area contributed by atoms with E-state index in [9.17, 15) is 5.11 Å². The topological polar surface area (TPSA) is 105 Å². The fourth-order valence-electron chi connectivity index (χ4n) is 1.05. The Labute approximate surface area is 101 Å². The third-order valence-electron chi connectivity index (χ3n) is 1.93. The Balaban J connectivity index is 0.000000487. The molecule has 0 bridgehead atoms. The summed E-state index contributed by atoms with van der Waals surface area (Å²) >= 11 is 3.80. The Morgan fingerprint density at radius 1 is 1.44 bits per heavy atom. The number of aryl methyl sites for hydroxylation is 1. The van der Waals surface area contributed by atoms with E-state index in [1.807, 2.05) is 0 Å². The lowest BCUT2D eigenvalue weighted by atomic mass is 10.1. The molecule has 6 heteroatoms. The van der Waals surface area contributed by atoms with Gasteiger partial charge in [-0.05, 0) is 6.92 Å². The number of nitrogens with zero attached hydrogens (tertiary/aromatic N) is 1. The molecule has 1 aromatic rings. The summed E-state index contributed by atoms with van der Waals surface area (Å²) in [6.07, 6.45) is 1.53. The number of thiol groups is 1. The minimum Gasteiger partial charge on any atom is -0.506 e. The van der Waals surface area contributed by atoms with Crippen LogP contribution in [-0.2, 0) is 13.2 Å². The highest BCUT2D eigenvalue weighted by Crippen LogP contribution is 2.22. The Bertz CT molecular complexity index is 319. The van der Waals surface area contributed by atoms with Gasteiger partial charge in [-0.3, -0.25) is 4.98 Å². The summed E-state index contributed by atoms with van der Waals surface area (Å²) in [6, 6.07) is 0. The maximum Gasteiger partial charge on any atom is 0.141 e. The van der Waals surface area contributed by atoms with Gasteiger partial charge in [0.05, 0.1) is 12.3 Å². The number of aliphatic hydroxyl groups is 1. The zero-order valence-electron chi connectivity index (χ0n) is 9.35. The van der Waals surface area contributed by atoms with E-state index in [1.165, 1.54) is 6.20 Å². The molecule has 0 amide bonds. The van der Waals surface area contributed by atoms with Crippen LogP contribution in [0.25, 0.3) is 0 Å². The van der Waals surface area contributed by atoms with Crippen LogP contribution in [0.5, 0.6) is 5.75 Å². The minimum absolute atomic E-state index is 0.0871. The molecule has 0 radical (unpaired) electrons. The zero-order valence-corrected chi connectivity index (χ0v) is 10.2. The fourth-order valence-corrected chi connectivity index (χ4v) is 1.05. The van der Waals surface area contributed by atoms with E-state index in [-0.39, 0.29) is 18.9 Å². The standard InChI is InChI=1S/C8H12N2O2.C2H7NS/c1-5-8(12)7(2-9)6(4-11)3-10-5;3-1-2-4/h3,11-12H,2,4,9H2,1H3;4H,1-3H2. The van der Waals surface area contributed by atoms with Crippen LogP contribution in [-0.4, -0.2) is 27.5 Å². The Hall–Kier alpha value is -0.820. The SMILES string of the molecule is Cc1ncc(CO)c(CN)c1O.NCCS. The maximum atomic E-state index is 9.46. The van der Waals surface area contributed by atoms with Gasteiger partial charge in [-0.1, -0.05) is 0 Å². The highest BCUT2D eigenvalue weighted by Gasteiger charge is 2.08. The summed E-state index contributed by atoms with van der Waals surface area (Å²) in [5.41, 5.74) is 12.0. The fraction of sp³-hybridized carbons (Fsp3) is 0.500. The molecule has 0 saturated heterocycles. The number of hydrogen-bond donors (Lipinski definition) is 5. The van der Waals surface area contributed by atoms with Gasteiger partial charge in [-0.2, -0.15) is 12.6 Å². The molecule has 1 heterocycles. The second-order valence-corrected chi connectivity index (χ2v) is 3.52. The number of pyridine rings is 1. The molecule has 92 valence electrons. The average Bonchev–Trinajstić information content (AvgIpc) is 2.32. The molecule has 6 N–H and O–H groups in total. The predicted molar refractivity (Wildman–Crippen MR) is 67.4 cm³/mol. The van der Waals surface area contributed by atoms with Crippen molar-refractivity contribution in [3.05, 3.63) is 23.0 Å². The zero-order chi connectivity index (χ0) is 12.6. The van der Waals surface area contributed by atoms with E-state index in [0.717, 1.165) is 5.75 Å². The van der Waals surface area contributed by atoms with E-state index >= 15 is 0 Å². The predicted octanol–water partition coefficient (Wildman–Crippen LogP) is -0.0785. The molecule has 0 fully saturated rings. The first kappa shape index (κ1) is 15.2. The number of aromatic hydroxyl groups is 1. The molecule has 0 aromatic carbocycles. The molecule has 16 heavy (non-hydrogen) atoms. The van der Waals surface area contributed by atoms with E-state index in [0.29, 0.717) is 23.4 Å². The first-order chi connectivity index (χ1) is 7.62. The van der Waals surface area contributed by atoms with Crippen molar-refractivity contribution in [2.75, 3.05) is 12.3 Å². The van der Waals surface area contributed by atoms with E-state index in [2.05, 4.69) is 17.6 Å². The highest BCUT2D eigenvalue weighted by molar-refractivity contribution is 7.80. The van der Waals surface area contributed by atoms with Crippen LogP contribution in [0.4, 0.5) is 0 Å². The molecule has 5 nitrogen and oxygen atoms in total. The minimum atomic E-state index is -0.145. The Morgan fingerprint density at radius 2 is 2.00 bits per heavy atom. The Kier molecular flexibility index (Phi) is 7.92. The van der Waals surface area contributed by atoms with E-state index in [4.69, 9.17) is 16.6 Å². The molecule has 0 spiro atoms. The molecule has 0 aliphatic carbocycles. The number of aliphatic hydroxyl groups excluding tert-OH is 1. The molecule has 1 rings (SSSR count). The molecule has 0 atom stereocenters. The van der Waals surface area contributed by atoms with Crippen molar-refractivity contribution >= 4 is 12.6 Å². The monoisotopic (exact) mass is 245 g/mol. The quantitative estimate of drug-likeness (QED) is 0.479. The lowest BCUT2D eigenvalue weighted by Gasteiger charge is -2.08. The summed E-state index contributed by atoms with van der Waals surface area (Å²) in [4.78, 5) is 3.89. The third kappa shape index (κ3) is 4.36. The lowest BCUT2D eigenvalue weighted by molar-refractivity contribution is 0.279. The van der Waals surface area contributed by atoms with Crippen LogP contribution in [0.2, 0.25) is 0 Å². The van der Waals surface area contributed by atoms with Gasteiger partial charge in [-0.25, -0.2) is 0 Å². The number of aromatic nitrogens is 1. The smallest absolute Gasteiger partial charge is 0.141 e. The van der Waals surface area contributed by atoms with Gasteiger partial charge in [0.15, 0.2) is 0 Å². The molecule has 0 saturated carbocycles. The van der Waals surface area contributed by atoms with Gasteiger partial charge >= 0.3 is 0 Å². The summed E-state index contributed by atoms with van der Waals surface area (Å²) in [5.74, 6) is 0.879. The van der Waals surface area contributed by atoms with Crippen LogP contribution in [0.15, 0.2) is 6.20 Å². The van der Waals surface area contributed by atoms with Crippen molar-refractivity contribution in [3.63, 3.8) is 0 Å². The second-order valence-electron chi connectivity index (χ2n) is 3.07. The molecule has 0 aliphatic rings. The summed E-state index contributed by atoms with van der Waals surface area (Å²) < 4.78 is 0. The lowest BCUT2D eigenvalue weighted by Crippen LogP contribution is -2.04. The van der Waals surface area contributed by atoms with Gasteiger partial charge in [0, 0.05) is 36.2 Å². The van der Waals surface area contributed by atoms with Gasteiger partial charge in [0.1, 0.15) is 5.75 Å². The molecule has 0 unspecified atom stereocenters. The summed E-state index contributed by atoms with van der Waals surface area (Å²) in [7, 11) is 0. The van der Waals surface area contributed by atoms with Crippen molar-refractivity contribution < 1.29 is 10.2 Å². The average molecular weight is 245 g/mol. The maximum absolute atomic E-state index is 9.46. The van der Waals surface area contributed by atoms with Crippen molar-refractivity contribution in [1.82, 2.24) is 4.98 Å². The van der Waals surface area contributed by atoms with Gasteiger partial charge in [-0.15, -0.1) is 0 Å². The summed E-state index contributed by atoms with van der Waals surface area (Å²) in [5, 5.41) is 18.3. The highest BCUT2D eigenvalue weighted by atomic mass is 32.1. The van der Waals surface area contributed by atoms with Gasteiger partial charge in [0.25, 0.3) is 0 Å². The summed E-state index contributed by atoms with van der Waals surface area (Å²) in [6.45, 7) is 2.44. The van der Waals surface area contributed by atoms with E-state index in [1.54, 1.807) is 6.92 Å². The largest absolute Gasteiger partial charge is 0.506 e. The molecule has 1 aromatic heterocycles. The van der Waals surface area contributed by atoms with Crippen LogP contribution in [0, 0.1) is 6.92 Å². The van der Waals surface area contributed by atoms with Crippen molar-refractivity contribution in [2.24, 2.45) is 11.5 Å². The van der Waals surface area contributed by atoms with Gasteiger partial charge < -0.3 is 21.7 Å². The van der Waals surface area contributed by atoms with Crippen LogP contribution < -0.4 is 11.5 Å². The van der Waals surface area contributed by atoms with Gasteiger partial charge in [0.2, 0.25) is 0 Å². The first-order valence-corrected chi connectivity index (χ1v) is 5.53. The van der Waals surface area contributed by atoms with Crippen LogP contribution >= 0.6 is 12.6 Å². The second kappa shape index (κ2) is 8.35. The molecule has 0 aliphatic heterocycles. The van der Waals surface area contributed by atoms with Crippen LogP contribution in [0.3, 0.4) is 0 Å². The third-order valence-corrected chi connectivity index (χ3v) is 2.19. The van der Waals surface area contributed by atoms with Crippen molar-refractivity contribution in [2.45, 2.75) is 20.1 Å². The van der Waals surface area contributed by atoms with Crippen molar-refractivity contribution in [1.29, 1.82) is 0 Å². The molecular weight excluding hydrogens is 226 g/mol. The van der Waals surface area contributed by atoms with Crippen molar-refractivity contribution in [3.8, 4) is 5.75 Å². The first-order valence-electron chi connectivity index (χ1n) is 4.90. The number of rotatable bonds is 3. The molecular formula is C10H19N3O2S. The number of hydrogen-bond acceptors (Lipinski definition) is 6. The normalized spacial score (nSPS) is 9.56. The van der Waals surface area contributed by atoms with Crippen LogP contribution in [0.1, 0.15) is 16.8 Å².